The number of halogens is 2. The standard InChI is InChI=1S/C22H19F2N7/c23-16-6-3-4-14(10-16)12-28-22(26)30-20(25)19-13-31-9-8-27-21(31)18(29-19)11-15-5-1-2-7-17(15)24/h1-10,13H,11-12H2,(H4,25,26,28,30). The first-order valence-electron chi connectivity index (χ1n) is 9.44. The highest BCUT2D eigenvalue weighted by molar-refractivity contribution is 6.03. The maximum atomic E-state index is 14.1. The van der Waals surface area contributed by atoms with Gasteiger partial charge in [0, 0.05) is 25.0 Å². The Balaban J connectivity index is 1.62. The summed E-state index contributed by atoms with van der Waals surface area (Å²) in [6.45, 7) is 0.160. The highest BCUT2D eigenvalue weighted by atomic mass is 19.1. The van der Waals surface area contributed by atoms with Gasteiger partial charge in [-0.3, -0.25) is 0 Å². The molecule has 4 rings (SSSR count). The second-order valence-corrected chi connectivity index (χ2v) is 6.80. The molecule has 0 unspecified atom stereocenters. The number of amidine groups is 1. The van der Waals surface area contributed by atoms with E-state index in [2.05, 4.69) is 20.0 Å². The number of nitrogens with zero attached hydrogens (tertiary/aromatic N) is 5. The van der Waals surface area contributed by atoms with Gasteiger partial charge in [0.15, 0.2) is 11.5 Å². The number of aromatic nitrogens is 3. The first-order valence-corrected chi connectivity index (χ1v) is 9.44. The Labute approximate surface area is 176 Å². The third-order valence-corrected chi connectivity index (χ3v) is 4.57. The van der Waals surface area contributed by atoms with E-state index >= 15 is 0 Å². The second kappa shape index (κ2) is 8.70. The van der Waals surface area contributed by atoms with Gasteiger partial charge < -0.3 is 15.9 Å². The predicted molar refractivity (Wildman–Crippen MR) is 115 cm³/mol. The molecule has 156 valence electrons. The number of benzene rings is 2. The van der Waals surface area contributed by atoms with E-state index in [1.807, 2.05) is 0 Å². The number of hydrogen-bond donors (Lipinski definition) is 2. The fourth-order valence-electron chi connectivity index (χ4n) is 3.08. The Morgan fingerprint density at radius 3 is 2.71 bits per heavy atom. The Bertz CT molecular complexity index is 1290. The molecule has 0 aliphatic heterocycles. The van der Waals surface area contributed by atoms with Crippen LogP contribution in [0.25, 0.3) is 5.65 Å². The fraction of sp³-hybridized carbons (Fsp3) is 0.0909. The van der Waals surface area contributed by atoms with Gasteiger partial charge in [-0.2, -0.15) is 4.99 Å². The van der Waals surface area contributed by atoms with Gasteiger partial charge in [0.1, 0.15) is 17.3 Å². The summed E-state index contributed by atoms with van der Waals surface area (Å²) in [6.07, 6.45) is 5.25. The maximum Gasteiger partial charge on any atom is 0.217 e. The monoisotopic (exact) mass is 419 g/mol. The molecule has 0 fully saturated rings. The largest absolute Gasteiger partial charge is 0.382 e. The number of rotatable bonds is 5. The second-order valence-electron chi connectivity index (χ2n) is 6.80. The summed E-state index contributed by atoms with van der Waals surface area (Å²) < 4.78 is 29.1. The average molecular weight is 419 g/mol. The lowest BCUT2D eigenvalue weighted by Crippen LogP contribution is -2.22. The van der Waals surface area contributed by atoms with Crippen molar-refractivity contribution in [3.05, 3.63) is 101 Å². The van der Waals surface area contributed by atoms with Crippen LogP contribution in [0.4, 0.5) is 8.78 Å². The van der Waals surface area contributed by atoms with Gasteiger partial charge in [-0.15, -0.1) is 0 Å². The number of fused-ring (bicyclic) bond motifs is 1. The summed E-state index contributed by atoms with van der Waals surface area (Å²) in [5.41, 5.74) is 14.6. The van der Waals surface area contributed by atoms with Gasteiger partial charge in [0.2, 0.25) is 5.96 Å². The van der Waals surface area contributed by atoms with Crippen molar-refractivity contribution in [2.75, 3.05) is 0 Å². The molecule has 0 saturated heterocycles. The van der Waals surface area contributed by atoms with Crippen molar-refractivity contribution >= 4 is 17.4 Å². The normalized spacial score (nSPS) is 12.5. The highest BCUT2D eigenvalue weighted by Crippen LogP contribution is 2.16. The molecule has 0 amide bonds. The molecule has 0 radical (unpaired) electrons. The summed E-state index contributed by atoms with van der Waals surface area (Å²) >= 11 is 0. The van der Waals surface area contributed by atoms with Crippen LogP contribution < -0.4 is 11.5 Å². The lowest BCUT2D eigenvalue weighted by molar-refractivity contribution is 0.613. The Kier molecular flexibility index (Phi) is 5.65. The van der Waals surface area contributed by atoms with Gasteiger partial charge in [-0.05, 0) is 29.3 Å². The van der Waals surface area contributed by atoms with E-state index in [4.69, 9.17) is 11.5 Å². The van der Waals surface area contributed by atoms with E-state index in [-0.39, 0.29) is 36.4 Å². The molecule has 31 heavy (non-hydrogen) atoms. The smallest absolute Gasteiger partial charge is 0.217 e. The van der Waals surface area contributed by atoms with Gasteiger partial charge in [-0.25, -0.2) is 23.7 Å². The molecular formula is C22H19F2N7. The van der Waals surface area contributed by atoms with Gasteiger partial charge >= 0.3 is 0 Å². The van der Waals surface area contributed by atoms with E-state index in [9.17, 15) is 8.78 Å². The SMILES string of the molecule is NC(=NCc1cccc(F)c1)N=C(N)c1cn2ccnc2c(Cc2ccccc2F)n1. The molecule has 2 aromatic heterocycles. The summed E-state index contributed by atoms with van der Waals surface area (Å²) in [6, 6.07) is 12.5. The number of imidazole rings is 1. The number of aliphatic imine (C=N–C) groups is 2. The molecule has 2 heterocycles. The highest BCUT2D eigenvalue weighted by Gasteiger charge is 2.13. The van der Waals surface area contributed by atoms with Crippen LogP contribution in [0.2, 0.25) is 0 Å². The third-order valence-electron chi connectivity index (χ3n) is 4.57. The van der Waals surface area contributed by atoms with Crippen molar-refractivity contribution in [3.8, 4) is 0 Å². The van der Waals surface area contributed by atoms with E-state index in [0.29, 0.717) is 28.2 Å². The minimum Gasteiger partial charge on any atom is -0.382 e. The van der Waals surface area contributed by atoms with Crippen molar-refractivity contribution in [1.29, 1.82) is 0 Å². The van der Waals surface area contributed by atoms with Crippen molar-refractivity contribution in [2.24, 2.45) is 21.5 Å². The Morgan fingerprint density at radius 2 is 1.90 bits per heavy atom. The molecular weight excluding hydrogens is 400 g/mol. The molecule has 0 bridgehead atoms. The quantitative estimate of drug-likeness (QED) is 0.383. The molecule has 0 aliphatic rings. The van der Waals surface area contributed by atoms with Crippen LogP contribution in [0.15, 0.2) is 77.1 Å². The molecule has 9 heteroatoms. The summed E-state index contributed by atoms with van der Waals surface area (Å²) in [4.78, 5) is 17.0. The van der Waals surface area contributed by atoms with Crippen LogP contribution >= 0.6 is 0 Å². The first-order chi connectivity index (χ1) is 15.0. The van der Waals surface area contributed by atoms with Gasteiger partial charge in [0.25, 0.3) is 0 Å². The number of nitrogens with two attached hydrogens (primary N) is 2. The van der Waals surface area contributed by atoms with Crippen molar-refractivity contribution in [1.82, 2.24) is 14.4 Å². The minimum absolute atomic E-state index is 0.0471. The minimum atomic E-state index is -0.352. The third kappa shape index (κ3) is 4.72. The molecule has 7 nitrogen and oxygen atoms in total. The Hall–Kier alpha value is -4.14. The number of guanidine groups is 1. The molecule has 2 aromatic carbocycles. The topological polar surface area (TPSA) is 107 Å². The van der Waals surface area contributed by atoms with Crippen LogP contribution in [0, 0.1) is 11.6 Å². The lowest BCUT2D eigenvalue weighted by atomic mass is 10.1. The summed E-state index contributed by atoms with van der Waals surface area (Å²) in [5.74, 6) is -0.694. The molecule has 4 N–H and O–H groups in total. The van der Waals surface area contributed by atoms with Crippen molar-refractivity contribution < 1.29 is 8.78 Å². The van der Waals surface area contributed by atoms with Crippen LogP contribution in [0.3, 0.4) is 0 Å². The molecule has 0 aliphatic carbocycles. The van der Waals surface area contributed by atoms with Crippen LogP contribution in [0.1, 0.15) is 22.5 Å². The van der Waals surface area contributed by atoms with Crippen LogP contribution in [0.5, 0.6) is 0 Å². The molecule has 0 saturated carbocycles. The van der Waals surface area contributed by atoms with E-state index in [1.54, 1.807) is 53.3 Å². The zero-order valence-corrected chi connectivity index (χ0v) is 16.4. The zero-order chi connectivity index (χ0) is 21.8. The zero-order valence-electron chi connectivity index (χ0n) is 16.4. The summed E-state index contributed by atoms with van der Waals surface area (Å²) in [5, 5.41) is 0. The van der Waals surface area contributed by atoms with Crippen molar-refractivity contribution in [2.45, 2.75) is 13.0 Å². The van der Waals surface area contributed by atoms with E-state index in [0.717, 1.165) is 0 Å². The van der Waals surface area contributed by atoms with Gasteiger partial charge in [0.05, 0.1) is 12.2 Å². The molecule has 0 atom stereocenters. The van der Waals surface area contributed by atoms with E-state index in [1.165, 1.54) is 18.2 Å². The van der Waals surface area contributed by atoms with Crippen LogP contribution in [-0.2, 0) is 13.0 Å². The fourth-order valence-corrected chi connectivity index (χ4v) is 3.08. The maximum absolute atomic E-state index is 14.1. The first kappa shape index (κ1) is 20.1. The Morgan fingerprint density at radius 1 is 1.06 bits per heavy atom. The number of hydrogen-bond acceptors (Lipinski definition) is 3. The van der Waals surface area contributed by atoms with Crippen molar-refractivity contribution in [3.63, 3.8) is 0 Å². The lowest BCUT2D eigenvalue weighted by Gasteiger charge is -2.08. The average Bonchev–Trinajstić information content (AvgIpc) is 3.23. The van der Waals surface area contributed by atoms with Crippen LogP contribution in [-0.4, -0.2) is 26.2 Å². The van der Waals surface area contributed by atoms with Gasteiger partial charge in [-0.1, -0.05) is 30.3 Å². The summed E-state index contributed by atoms with van der Waals surface area (Å²) in [7, 11) is 0. The van der Waals surface area contributed by atoms with E-state index < -0.39 is 0 Å². The molecule has 0 spiro atoms. The predicted octanol–water partition coefficient (Wildman–Crippen LogP) is 2.82. The molecule has 4 aromatic rings.